The van der Waals surface area contributed by atoms with E-state index in [2.05, 4.69) is 24.6 Å². The van der Waals surface area contributed by atoms with Gasteiger partial charge < -0.3 is 5.32 Å². The van der Waals surface area contributed by atoms with Gasteiger partial charge in [-0.15, -0.1) is 0 Å². The molecule has 1 aromatic carbocycles. The maximum Gasteiger partial charge on any atom is 0.207 e. The van der Waals surface area contributed by atoms with Crippen molar-refractivity contribution in [3.05, 3.63) is 48.9 Å². The topological polar surface area (TPSA) is 63.6 Å². The van der Waals surface area contributed by atoms with Crippen LogP contribution in [0.2, 0.25) is 0 Å². The van der Waals surface area contributed by atoms with Gasteiger partial charge in [-0.25, -0.2) is 4.98 Å². The Morgan fingerprint density at radius 2 is 1.94 bits per heavy atom. The van der Waals surface area contributed by atoms with Crippen molar-refractivity contribution in [3.63, 3.8) is 0 Å². The molecule has 18 heavy (non-hydrogen) atoms. The van der Waals surface area contributed by atoms with Crippen LogP contribution in [-0.4, -0.2) is 19.3 Å². The van der Waals surface area contributed by atoms with Crippen LogP contribution in [0.3, 0.4) is 0 Å². The number of hydrogen-bond donors (Lipinski definition) is 1. The van der Waals surface area contributed by atoms with Gasteiger partial charge in [-0.3, -0.25) is 4.98 Å². The minimum Gasteiger partial charge on any atom is -0.330 e. The predicted molar refractivity (Wildman–Crippen MR) is 70.7 cm³/mol. The molecule has 0 aliphatic carbocycles. The molecule has 2 heterocycles. The van der Waals surface area contributed by atoms with E-state index in [0.717, 1.165) is 10.8 Å². The molecular formula is C12H9N5S. The second-order valence-corrected chi connectivity index (χ2v) is 4.26. The summed E-state index contributed by atoms with van der Waals surface area (Å²) in [5, 5.41) is 3.93. The van der Waals surface area contributed by atoms with E-state index in [1.54, 1.807) is 18.6 Å². The highest BCUT2D eigenvalue weighted by atomic mass is 32.1. The standard InChI is InChI=1S/C12H9N5S/c1-2-4-9(5-3-1)15-12-16-11(17-18-12)10-8-13-6-7-14-10/h1-8H,(H,15,16,17). The lowest BCUT2D eigenvalue weighted by atomic mass is 10.3. The average Bonchev–Trinajstić information content (AvgIpc) is 2.89. The molecule has 5 nitrogen and oxygen atoms in total. The Labute approximate surface area is 108 Å². The van der Waals surface area contributed by atoms with E-state index in [1.165, 1.54) is 11.5 Å². The van der Waals surface area contributed by atoms with Gasteiger partial charge in [-0.05, 0) is 12.1 Å². The lowest BCUT2D eigenvalue weighted by molar-refractivity contribution is 1.16. The summed E-state index contributed by atoms with van der Waals surface area (Å²) < 4.78 is 4.25. The monoisotopic (exact) mass is 255 g/mol. The first kappa shape index (κ1) is 10.8. The highest BCUT2D eigenvalue weighted by Crippen LogP contribution is 2.21. The van der Waals surface area contributed by atoms with Crippen LogP contribution in [0.5, 0.6) is 0 Å². The number of anilines is 2. The van der Waals surface area contributed by atoms with Crippen LogP contribution in [0.4, 0.5) is 10.8 Å². The molecule has 0 unspecified atom stereocenters. The van der Waals surface area contributed by atoms with Gasteiger partial charge in [0.25, 0.3) is 0 Å². The van der Waals surface area contributed by atoms with E-state index in [4.69, 9.17) is 0 Å². The van der Waals surface area contributed by atoms with E-state index in [0.29, 0.717) is 11.5 Å². The maximum atomic E-state index is 4.37. The Hall–Kier alpha value is -2.34. The predicted octanol–water partition coefficient (Wildman–Crippen LogP) is 2.74. The van der Waals surface area contributed by atoms with Gasteiger partial charge in [0, 0.05) is 29.6 Å². The Morgan fingerprint density at radius 3 is 2.72 bits per heavy atom. The quantitative estimate of drug-likeness (QED) is 0.779. The number of benzene rings is 1. The SMILES string of the molecule is c1ccc(Nc2nc(-c3cnccn3)ns2)cc1. The van der Waals surface area contributed by atoms with Crippen molar-refractivity contribution in [1.29, 1.82) is 0 Å². The summed E-state index contributed by atoms with van der Waals surface area (Å²) in [6, 6.07) is 9.85. The molecule has 0 saturated carbocycles. The molecule has 88 valence electrons. The zero-order valence-electron chi connectivity index (χ0n) is 9.32. The molecule has 0 aliphatic rings. The average molecular weight is 255 g/mol. The molecule has 0 fully saturated rings. The first-order valence-corrected chi connectivity index (χ1v) is 6.11. The van der Waals surface area contributed by atoms with Gasteiger partial charge in [0.2, 0.25) is 5.13 Å². The summed E-state index contributed by atoms with van der Waals surface area (Å²) in [7, 11) is 0. The first-order chi connectivity index (χ1) is 8.92. The van der Waals surface area contributed by atoms with Crippen LogP contribution in [0.15, 0.2) is 48.9 Å². The molecule has 2 aromatic heterocycles. The molecule has 0 atom stereocenters. The second-order valence-electron chi connectivity index (χ2n) is 3.50. The Morgan fingerprint density at radius 1 is 1.06 bits per heavy atom. The number of para-hydroxylation sites is 1. The smallest absolute Gasteiger partial charge is 0.207 e. The summed E-state index contributed by atoms with van der Waals surface area (Å²) in [4.78, 5) is 12.5. The van der Waals surface area contributed by atoms with Crippen molar-refractivity contribution in [1.82, 2.24) is 19.3 Å². The van der Waals surface area contributed by atoms with E-state index in [1.807, 2.05) is 30.3 Å². The van der Waals surface area contributed by atoms with Crippen molar-refractivity contribution >= 4 is 22.4 Å². The third kappa shape index (κ3) is 2.33. The number of nitrogens with zero attached hydrogens (tertiary/aromatic N) is 4. The zero-order valence-corrected chi connectivity index (χ0v) is 10.1. The summed E-state index contributed by atoms with van der Waals surface area (Å²) in [5.41, 5.74) is 1.66. The highest BCUT2D eigenvalue weighted by Gasteiger charge is 2.07. The Bertz CT molecular complexity index is 623. The fourth-order valence-corrected chi connectivity index (χ4v) is 2.04. The van der Waals surface area contributed by atoms with Gasteiger partial charge >= 0.3 is 0 Å². The molecule has 0 radical (unpaired) electrons. The van der Waals surface area contributed by atoms with E-state index >= 15 is 0 Å². The molecule has 0 bridgehead atoms. The number of nitrogens with one attached hydrogen (secondary N) is 1. The van der Waals surface area contributed by atoms with Crippen molar-refractivity contribution < 1.29 is 0 Å². The maximum absolute atomic E-state index is 4.37. The van der Waals surface area contributed by atoms with Gasteiger partial charge in [0.1, 0.15) is 5.69 Å². The first-order valence-electron chi connectivity index (χ1n) is 5.34. The highest BCUT2D eigenvalue weighted by molar-refractivity contribution is 7.09. The molecular weight excluding hydrogens is 246 g/mol. The van der Waals surface area contributed by atoms with Gasteiger partial charge in [-0.2, -0.15) is 9.36 Å². The van der Waals surface area contributed by atoms with Crippen LogP contribution in [0, 0.1) is 0 Å². The van der Waals surface area contributed by atoms with Crippen LogP contribution < -0.4 is 5.32 Å². The molecule has 6 heteroatoms. The molecule has 3 rings (SSSR count). The second kappa shape index (κ2) is 4.89. The third-order valence-electron chi connectivity index (χ3n) is 2.24. The van der Waals surface area contributed by atoms with Crippen molar-refractivity contribution in [2.75, 3.05) is 5.32 Å². The molecule has 0 spiro atoms. The van der Waals surface area contributed by atoms with Crippen LogP contribution in [-0.2, 0) is 0 Å². The minimum atomic E-state index is 0.589. The zero-order chi connectivity index (χ0) is 12.2. The van der Waals surface area contributed by atoms with Crippen LogP contribution in [0.25, 0.3) is 11.5 Å². The molecule has 1 N–H and O–H groups in total. The Balaban J connectivity index is 1.82. The molecule has 0 aliphatic heterocycles. The fourth-order valence-electron chi connectivity index (χ4n) is 1.44. The minimum absolute atomic E-state index is 0.589. The van der Waals surface area contributed by atoms with E-state index < -0.39 is 0 Å². The van der Waals surface area contributed by atoms with Gasteiger partial charge in [-0.1, -0.05) is 18.2 Å². The largest absolute Gasteiger partial charge is 0.330 e. The van der Waals surface area contributed by atoms with E-state index in [-0.39, 0.29) is 0 Å². The van der Waals surface area contributed by atoms with E-state index in [9.17, 15) is 0 Å². The summed E-state index contributed by atoms with van der Waals surface area (Å²) in [6.07, 6.45) is 4.90. The molecule has 0 amide bonds. The van der Waals surface area contributed by atoms with Gasteiger partial charge in [0.05, 0.1) is 6.20 Å². The molecule has 0 saturated heterocycles. The summed E-state index contributed by atoms with van der Waals surface area (Å²) in [6.45, 7) is 0. The summed E-state index contributed by atoms with van der Waals surface area (Å²) >= 11 is 1.30. The van der Waals surface area contributed by atoms with Crippen LogP contribution in [0.1, 0.15) is 0 Å². The lowest BCUT2D eigenvalue weighted by Crippen LogP contribution is -1.90. The fraction of sp³-hybridized carbons (Fsp3) is 0. The number of rotatable bonds is 3. The van der Waals surface area contributed by atoms with Crippen molar-refractivity contribution in [2.24, 2.45) is 0 Å². The molecule has 3 aromatic rings. The van der Waals surface area contributed by atoms with Crippen molar-refractivity contribution in [3.8, 4) is 11.5 Å². The van der Waals surface area contributed by atoms with Crippen LogP contribution >= 0.6 is 11.5 Å². The lowest BCUT2D eigenvalue weighted by Gasteiger charge is -1.99. The van der Waals surface area contributed by atoms with Gasteiger partial charge in [0.15, 0.2) is 5.82 Å². The number of aromatic nitrogens is 4. The normalized spacial score (nSPS) is 10.2. The summed E-state index contributed by atoms with van der Waals surface area (Å²) in [5.74, 6) is 0.589. The number of hydrogen-bond acceptors (Lipinski definition) is 6. The van der Waals surface area contributed by atoms with Crippen molar-refractivity contribution in [2.45, 2.75) is 0 Å². The Kier molecular flexibility index (Phi) is 2.93. The third-order valence-corrected chi connectivity index (χ3v) is 2.87.